The third-order valence-electron chi connectivity index (χ3n) is 14.2. The number of allylic oxidation sites excluding steroid dienone is 1. The van der Waals surface area contributed by atoms with E-state index in [2.05, 4.69) is 44.5 Å². The monoisotopic (exact) mass is 956 g/mol. The summed E-state index contributed by atoms with van der Waals surface area (Å²) in [5.74, 6) is 0.775. The van der Waals surface area contributed by atoms with E-state index in [1.807, 2.05) is 11.8 Å². The number of amides is 1. The number of hydrogen-bond donors (Lipinski definition) is 3. The number of carbonyl (C=O) groups is 5. The third kappa shape index (κ3) is 15.4. The van der Waals surface area contributed by atoms with Gasteiger partial charge in [0.1, 0.15) is 24.2 Å². The summed E-state index contributed by atoms with van der Waals surface area (Å²) in [7, 11) is 6.98. The quantitative estimate of drug-likeness (QED) is 0.0625. The van der Waals surface area contributed by atoms with Gasteiger partial charge in [-0.25, -0.2) is 23.6 Å². The Morgan fingerprint density at radius 2 is 1.59 bits per heavy atom. The number of unbranched alkanes of at least 4 members (excludes halogenated alkanes) is 2. The molecule has 3 N–H and O–H groups in total. The first-order chi connectivity index (χ1) is 32.3. The van der Waals surface area contributed by atoms with E-state index in [9.17, 15) is 42.3 Å². The van der Waals surface area contributed by atoms with Gasteiger partial charge in [-0.15, -0.1) is 0 Å². The zero-order valence-corrected chi connectivity index (χ0v) is 41.5. The molecule has 4 aliphatic rings. The van der Waals surface area contributed by atoms with Crippen LogP contribution >= 0.6 is 0 Å². The predicted octanol–water partition coefficient (Wildman–Crippen LogP) is 6.70. The average Bonchev–Trinajstić information content (AvgIpc) is 3.31. The number of nitrogens with one attached hydrogen (secondary N) is 2. The second kappa shape index (κ2) is 26.3. The van der Waals surface area contributed by atoms with Gasteiger partial charge < -0.3 is 39.6 Å². The van der Waals surface area contributed by atoms with Gasteiger partial charge in [0.25, 0.3) is 12.3 Å². The van der Waals surface area contributed by atoms with E-state index in [-0.39, 0.29) is 29.5 Å². The average molecular weight is 956 g/mol. The number of benzene rings is 1. The number of likely N-dealkylation sites (tertiary alicyclic amines) is 2. The summed E-state index contributed by atoms with van der Waals surface area (Å²) in [5.41, 5.74) is 2.46. The lowest BCUT2D eigenvalue weighted by atomic mass is 9.59. The molecule has 0 radical (unpaired) electrons. The number of anilines is 3. The Bertz CT molecular complexity index is 1980. The molecule has 3 saturated heterocycles. The minimum Gasteiger partial charge on any atom is -0.388 e. The van der Waals surface area contributed by atoms with Crippen LogP contribution in [0.15, 0.2) is 23.9 Å². The highest BCUT2D eigenvalue weighted by Gasteiger charge is 2.48. The minimum absolute atomic E-state index is 0.0827. The molecule has 1 atom stereocenters. The minimum atomic E-state index is -2.89. The van der Waals surface area contributed by atoms with Crippen LogP contribution in [-0.2, 0) is 14.4 Å². The van der Waals surface area contributed by atoms with Crippen molar-refractivity contribution in [2.24, 2.45) is 11.3 Å². The molecule has 1 aromatic heterocycles. The van der Waals surface area contributed by atoms with Gasteiger partial charge in [-0.3, -0.25) is 19.4 Å². The van der Waals surface area contributed by atoms with Crippen LogP contribution in [0.5, 0.6) is 0 Å². The highest BCUT2D eigenvalue weighted by molar-refractivity contribution is 6.02. The van der Waals surface area contributed by atoms with Crippen LogP contribution in [0.4, 0.5) is 30.6 Å². The molecule has 1 saturated carbocycles. The van der Waals surface area contributed by atoms with E-state index < -0.39 is 29.3 Å². The van der Waals surface area contributed by atoms with Crippen LogP contribution in [0.2, 0.25) is 0 Å². The molecule has 6 rings (SSSR count). The summed E-state index contributed by atoms with van der Waals surface area (Å²) >= 11 is 0. The highest BCUT2D eigenvalue weighted by atomic mass is 19.3. The van der Waals surface area contributed by atoms with Crippen molar-refractivity contribution in [2.75, 3.05) is 82.6 Å². The lowest BCUT2D eigenvalue weighted by molar-refractivity contribution is -0.109. The maximum absolute atomic E-state index is 14.9. The standard InChI is InChI=1S/C24H35FN4O2.C21H33F2N5O2.C5H8O2/c1-17-4-8-28(9-5-17)19-14-24(15-19)6-10-29(11-7-24)22-12-18(16-30)20(13-21(22)25)23(31)27(3)26-2;1-6-17(21(2,3)30)28(5)19-14(11-15(13-29)18(22)23)12-24-20(26-19)25-16-7-9-27(4)10-8-16;6-4-2-1-3-5-7/h12-13,16-17,19,26H,4-11,14-15H2,1-3H3;11-13,16-18,30H,6-10H2,1-5H3,(H,24,25,26);4-5H,1-3H2/b;15-11+;/t;17-;/m.1./s1. The molecular formula is C50H76F3N9O6. The van der Waals surface area contributed by atoms with Crippen molar-refractivity contribution < 1.29 is 42.3 Å². The normalized spacial score (nSPS) is 18.9. The number of alkyl halides is 2. The Kier molecular flexibility index (Phi) is 21.6. The summed E-state index contributed by atoms with van der Waals surface area (Å²) in [6.07, 6.45) is 13.6. The van der Waals surface area contributed by atoms with E-state index in [0.29, 0.717) is 60.4 Å². The number of carbonyl (C=O) groups excluding carboxylic acids is 5. The van der Waals surface area contributed by atoms with Gasteiger partial charge in [0.2, 0.25) is 5.95 Å². The molecule has 378 valence electrons. The van der Waals surface area contributed by atoms with Crippen LogP contribution in [0.1, 0.15) is 131 Å². The molecule has 4 fully saturated rings. The number of hydrazine groups is 1. The molecule has 1 amide bonds. The Balaban J connectivity index is 0.000000260. The lowest BCUT2D eigenvalue weighted by Crippen LogP contribution is -2.56. The van der Waals surface area contributed by atoms with Gasteiger partial charge in [-0.1, -0.05) is 13.8 Å². The van der Waals surface area contributed by atoms with Crippen LogP contribution in [0.25, 0.3) is 6.08 Å². The number of likely N-dealkylation sites (N-methyl/N-ethyl adjacent to an activating group) is 1. The number of rotatable bonds is 18. The summed E-state index contributed by atoms with van der Waals surface area (Å²) in [4.78, 5) is 71.9. The molecule has 1 aromatic carbocycles. The van der Waals surface area contributed by atoms with E-state index in [1.165, 1.54) is 62.1 Å². The zero-order valence-electron chi connectivity index (χ0n) is 41.5. The van der Waals surface area contributed by atoms with Crippen LogP contribution in [0.3, 0.4) is 0 Å². The Labute approximate surface area is 401 Å². The van der Waals surface area contributed by atoms with Crippen LogP contribution in [0, 0.1) is 17.2 Å². The number of nitrogens with zero attached hydrogens (tertiary/aromatic N) is 7. The Morgan fingerprint density at radius 1 is 0.971 bits per heavy atom. The van der Waals surface area contributed by atoms with Crippen molar-refractivity contribution in [3.63, 3.8) is 0 Å². The maximum Gasteiger partial charge on any atom is 0.268 e. The van der Waals surface area contributed by atoms with Gasteiger partial charge >= 0.3 is 0 Å². The largest absolute Gasteiger partial charge is 0.388 e. The molecule has 1 aliphatic carbocycles. The number of hydrogen-bond acceptors (Lipinski definition) is 14. The van der Waals surface area contributed by atoms with Gasteiger partial charge in [-0.05, 0) is 141 Å². The smallest absolute Gasteiger partial charge is 0.268 e. The Hall–Kier alpha value is -4.78. The molecule has 15 nitrogen and oxygen atoms in total. The van der Waals surface area contributed by atoms with E-state index in [4.69, 9.17) is 0 Å². The fourth-order valence-corrected chi connectivity index (χ4v) is 9.79. The van der Waals surface area contributed by atoms with Crippen LogP contribution < -0.4 is 20.5 Å². The first kappa shape index (κ1) is 55.8. The molecule has 3 aliphatic heterocycles. The highest BCUT2D eigenvalue weighted by Crippen LogP contribution is 2.52. The van der Waals surface area contributed by atoms with E-state index in [0.717, 1.165) is 82.5 Å². The Morgan fingerprint density at radius 3 is 2.10 bits per heavy atom. The predicted molar refractivity (Wildman–Crippen MR) is 261 cm³/mol. The van der Waals surface area contributed by atoms with Crippen molar-refractivity contribution in [2.45, 2.75) is 135 Å². The van der Waals surface area contributed by atoms with Crippen molar-refractivity contribution in [1.82, 2.24) is 30.2 Å². The first-order valence-electron chi connectivity index (χ1n) is 24.2. The second-order valence-corrected chi connectivity index (χ2v) is 19.6. The number of aldehydes is 4. The van der Waals surface area contributed by atoms with Crippen molar-refractivity contribution in [1.29, 1.82) is 0 Å². The number of aliphatic hydroxyl groups is 1. The molecule has 4 heterocycles. The van der Waals surface area contributed by atoms with Crippen molar-refractivity contribution >= 4 is 54.6 Å². The third-order valence-corrected chi connectivity index (χ3v) is 14.2. The maximum atomic E-state index is 14.9. The molecule has 2 aromatic rings. The van der Waals surface area contributed by atoms with E-state index in [1.54, 1.807) is 39.9 Å². The molecule has 68 heavy (non-hydrogen) atoms. The van der Waals surface area contributed by atoms with Gasteiger partial charge in [0, 0.05) is 76.5 Å². The lowest BCUT2D eigenvalue weighted by Gasteiger charge is -2.56. The fraction of sp³-hybridized carbons (Fsp3) is 0.660. The van der Waals surface area contributed by atoms with Gasteiger partial charge in [0.05, 0.1) is 28.5 Å². The molecule has 1 spiro atoms. The summed E-state index contributed by atoms with van der Waals surface area (Å²) in [6.45, 7) is 13.7. The summed E-state index contributed by atoms with van der Waals surface area (Å²) in [6, 6.07) is 3.38. The molecule has 0 bridgehead atoms. The van der Waals surface area contributed by atoms with Crippen LogP contribution in [-0.4, -0.2) is 159 Å². The first-order valence-corrected chi connectivity index (χ1v) is 24.2. The number of aromatic nitrogens is 2. The van der Waals surface area contributed by atoms with E-state index >= 15 is 0 Å². The SMILES string of the molecule is CC[C@@H](N(C)c1nc(NC2CCN(C)CC2)ncc1/C=C(\C=O)C(F)F)C(C)(C)O.CNN(C)C(=O)c1cc(F)c(N2CCC3(CC2)CC(N2CCC(C)CC2)C3)cc1C=O.O=CCCCC=O. The van der Waals surface area contributed by atoms with Gasteiger partial charge in [-0.2, -0.15) is 4.98 Å². The van der Waals surface area contributed by atoms with Crippen molar-refractivity contribution in [3.8, 4) is 0 Å². The van der Waals surface area contributed by atoms with Crippen molar-refractivity contribution in [3.05, 3.63) is 46.4 Å². The topological polar surface area (TPSA) is 172 Å². The zero-order chi connectivity index (χ0) is 50.2. The summed E-state index contributed by atoms with van der Waals surface area (Å²) in [5, 5.41) is 15.1. The molecule has 18 heteroatoms. The van der Waals surface area contributed by atoms with Gasteiger partial charge in [0.15, 0.2) is 12.6 Å². The number of halogens is 3. The molecular weight excluding hydrogens is 880 g/mol. The molecule has 0 unspecified atom stereocenters. The summed E-state index contributed by atoms with van der Waals surface area (Å²) < 4.78 is 41.2. The second-order valence-electron chi connectivity index (χ2n) is 19.6. The number of piperidine rings is 3. The fourth-order valence-electron chi connectivity index (χ4n) is 9.79.